The van der Waals surface area contributed by atoms with Gasteiger partial charge in [-0.15, -0.1) is 0 Å². The summed E-state index contributed by atoms with van der Waals surface area (Å²) in [5.74, 6) is -1.49. The van der Waals surface area contributed by atoms with Crippen molar-refractivity contribution in [3.8, 4) is 0 Å². The molecule has 0 aliphatic rings. The van der Waals surface area contributed by atoms with Gasteiger partial charge in [-0.3, -0.25) is 9.00 Å². The van der Waals surface area contributed by atoms with Crippen LogP contribution in [0.5, 0.6) is 0 Å². The molecule has 0 heterocycles. The molecule has 0 aliphatic heterocycles. The normalized spacial score (nSPS) is 15.4. The molecule has 124 valence electrons. The molecule has 0 fully saturated rings. The van der Waals surface area contributed by atoms with Crippen molar-refractivity contribution in [2.24, 2.45) is 5.92 Å². The molecule has 22 heavy (non-hydrogen) atoms. The number of amides is 1. The summed E-state index contributed by atoms with van der Waals surface area (Å²) in [4.78, 5) is 11.9. The zero-order valence-corrected chi connectivity index (χ0v) is 14.2. The van der Waals surface area contributed by atoms with E-state index in [0.29, 0.717) is 0 Å². The molecule has 0 aromatic heterocycles. The van der Waals surface area contributed by atoms with Gasteiger partial charge in [0.1, 0.15) is 17.4 Å². The quantitative estimate of drug-likeness (QED) is 0.835. The Labute approximate surface area is 132 Å². The zero-order chi connectivity index (χ0) is 16.9. The smallest absolute Gasteiger partial charge is 0.232 e. The summed E-state index contributed by atoms with van der Waals surface area (Å²) in [7, 11) is -1.26. The molecule has 3 nitrogen and oxygen atoms in total. The first kappa shape index (κ1) is 18.7. The highest BCUT2D eigenvalue weighted by Gasteiger charge is 2.20. The van der Waals surface area contributed by atoms with Crippen LogP contribution < -0.4 is 5.32 Å². The second-order valence-corrected chi connectivity index (χ2v) is 7.64. The summed E-state index contributed by atoms with van der Waals surface area (Å²) < 4.78 is 39.1. The lowest BCUT2D eigenvalue weighted by Crippen LogP contribution is -2.38. The zero-order valence-electron chi connectivity index (χ0n) is 13.4. The number of nitrogens with one attached hydrogen (secondary N) is 1. The van der Waals surface area contributed by atoms with E-state index < -0.39 is 28.5 Å². The van der Waals surface area contributed by atoms with Gasteiger partial charge in [0.25, 0.3) is 0 Å². The molecule has 6 heteroatoms. The molecule has 1 amide bonds. The Morgan fingerprint density at radius 1 is 1.18 bits per heavy atom. The molecular weight excluding hydrogens is 308 g/mol. The lowest BCUT2D eigenvalue weighted by molar-refractivity contribution is -0.119. The highest BCUT2D eigenvalue weighted by molar-refractivity contribution is 7.86. The molecule has 1 aromatic carbocycles. The number of rotatable bonds is 7. The van der Waals surface area contributed by atoms with Crippen molar-refractivity contribution in [2.75, 3.05) is 5.75 Å². The van der Waals surface area contributed by atoms with Crippen molar-refractivity contribution in [3.05, 3.63) is 35.4 Å². The van der Waals surface area contributed by atoms with Gasteiger partial charge >= 0.3 is 0 Å². The molecule has 0 radical (unpaired) electrons. The van der Waals surface area contributed by atoms with Crippen molar-refractivity contribution in [1.82, 2.24) is 5.32 Å². The Morgan fingerprint density at radius 2 is 1.73 bits per heavy atom. The standard InChI is InChI=1S/C16H23F2NO2S/c1-10(2)12(4)22(21)9-16(20)19-11(3)8-13-14(17)6-5-7-15(13)18/h5-7,10-12H,8-9H2,1-4H3,(H,19,20). The summed E-state index contributed by atoms with van der Waals surface area (Å²) >= 11 is 0. The molecule has 0 spiro atoms. The maximum Gasteiger partial charge on any atom is 0.232 e. The van der Waals surface area contributed by atoms with E-state index in [1.165, 1.54) is 18.2 Å². The Morgan fingerprint density at radius 3 is 2.23 bits per heavy atom. The second-order valence-electron chi connectivity index (χ2n) is 5.85. The number of hydrogen-bond donors (Lipinski definition) is 1. The minimum absolute atomic E-state index is 0.0491. The van der Waals surface area contributed by atoms with Gasteiger partial charge in [-0.2, -0.15) is 0 Å². The first-order valence-corrected chi connectivity index (χ1v) is 8.70. The topological polar surface area (TPSA) is 46.2 Å². The van der Waals surface area contributed by atoms with Crippen molar-refractivity contribution in [2.45, 2.75) is 45.4 Å². The van der Waals surface area contributed by atoms with E-state index in [1.54, 1.807) is 6.92 Å². The van der Waals surface area contributed by atoms with Gasteiger partial charge in [-0.05, 0) is 31.4 Å². The van der Waals surface area contributed by atoms with E-state index in [1.807, 2.05) is 20.8 Å². The van der Waals surface area contributed by atoms with Gasteiger partial charge in [0, 0.05) is 27.7 Å². The third kappa shape index (κ3) is 5.48. The largest absolute Gasteiger partial charge is 0.353 e. The molecule has 0 saturated heterocycles. The average molecular weight is 331 g/mol. The first-order chi connectivity index (χ1) is 10.2. The van der Waals surface area contributed by atoms with Crippen molar-refractivity contribution >= 4 is 16.7 Å². The van der Waals surface area contributed by atoms with Crippen LogP contribution >= 0.6 is 0 Å². The van der Waals surface area contributed by atoms with E-state index >= 15 is 0 Å². The summed E-state index contributed by atoms with van der Waals surface area (Å²) in [6.07, 6.45) is 0.0522. The van der Waals surface area contributed by atoms with Crippen molar-refractivity contribution in [3.63, 3.8) is 0 Å². The molecule has 0 aliphatic carbocycles. The Hall–Kier alpha value is -1.30. The van der Waals surface area contributed by atoms with E-state index in [2.05, 4.69) is 5.32 Å². The van der Waals surface area contributed by atoms with Crippen LogP contribution in [0.1, 0.15) is 33.3 Å². The second kappa shape index (κ2) is 8.36. The Kier molecular flexibility index (Phi) is 7.13. The fourth-order valence-electron chi connectivity index (χ4n) is 1.97. The molecule has 3 atom stereocenters. The van der Waals surface area contributed by atoms with Crippen LogP contribution in [-0.4, -0.2) is 27.2 Å². The SMILES string of the molecule is CC(Cc1c(F)cccc1F)NC(=O)CS(=O)C(C)C(C)C. The Balaban J connectivity index is 2.56. The lowest BCUT2D eigenvalue weighted by atomic mass is 10.1. The molecule has 1 rings (SSSR count). The molecule has 3 unspecified atom stereocenters. The van der Waals surface area contributed by atoms with Crippen LogP contribution in [0, 0.1) is 17.6 Å². The lowest BCUT2D eigenvalue weighted by Gasteiger charge is -2.17. The average Bonchev–Trinajstić information content (AvgIpc) is 2.41. The van der Waals surface area contributed by atoms with Crippen LogP contribution in [0.4, 0.5) is 8.78 Å². The number of carbonyl (C=O) groups is 1. The monoisotopic (exact) mass is 331 g/mol. The van der Waals surface area contributed by atoms with Crippen LogP contribution in [0.15, 0.2) is 18.2 Å². The number of carbonyl (C=O) groups excluding carboxylic acids is 1. The summed E-state index contributed by atoms with van der Waals surface area (Å²) in [6, 6.07) is 3.23. The van der Waals surface area contributed by atoms with Crippen LogP contribution in [0.25, 0.3) is 0 Å². The minimum Gasteiger partial charge on any atom is -0.353 e. The molecule has 0 saturated carbocycles. The van der Waals surface area contributed by atoms with Crippen LogP contribution in [0.3, 0.4) is 0 Å². The van der Waals surface area contributed by atoms with Crippen molar-refractivity contribution < 1.29 is 17.8 Å². The van der Waals surface area contributed by atoms with Crippen LogP contribution in [-0.2, 0) is 22.0 Å². The summed E-state index contributed by atoms with van der Waals surface area (Å²) in [6.45, 7) is 7.40. The Bertz CT molecular complexity index is 529. The molecule has 0 bridgehead atoms. The van der Waals surface area contributed by atoms with E-state index in [9.17, 15) is 17.8 Å². The van der Waals surface area contributed by atoms with E-state index in [-0.39, 0.29) is 34.8 Å². The number of benzene rings is 1. The number of halogens is 2. The van der Waals surface area contributed by atoms with Gasteiger partial charge in [-0.25, -0.2) is 8.78 Å². The molecular formula is C16H23F2NO2S. The van der Waals surface area contributed by atoms with Gasteiger partial charge in [0.2, 0.25) is 5.91 Å². The predicted octanol–water partition coefficient (Wildman–Crippen LogP) is 2.81. The van der Waals surface area contributed by atoms with Gasteiger partial charge in [-0.1, -0.05) is 26.8 Å². The molecule has 1 aromatic rings. The molecule has 1 N–H and O–H groups in total. The summed E-state index contributed by atoms with van der Waals surface area (Å²) in [5.41, 5.74) is -0.0491. The highest BCUT2D eigenvalue weighted by atomic mass is 32.2. The first-order valence-electron chi connectivity index (χ1n) is 7.31. The maximum absolute atomic E-state index is 13.6. The maximum atomic E-state index is 13.6. The highest BCUT2D eigenvalue weighted by Crippen LogP contribution is 2.14. The fraction of sp³-hybridized carbons (Fsp3) is 0.562. The van der Waals surface area contributed by atoms with E-state index in [4.69, 9.17) is 0 Å². The minimum atomic E-state index is -1.26. The van der Waals surface area contributed by atoms with Gasteiger partial charge < -0.3 is 5.32 Å². The van der Waals surface area contributed by atoms with Crippen LogP contribution in [0.2, 0.25) is 0 Å². The van der Waals surface area contributed by atoms with Gasteiger partial charge in [0.05, 0.1) is 0 Å². The third-order valence-corrected chi connectivity index (χ3v) is 5.53. The van der Waals surface area contributed by atoms with E-state index in [0.717, 1.165) is 0 Å². The third-order valence-electron chi connectivity index (χ3n) is 3.61. The fourth-order valence-corrected chi connectivity index (χ4v) is 3.18. The predicted molar refractivity (Wildman–Crippen MR) is 85.0 cm³/mol. The summed E-state index contributed by atoms with van der Waals surface area (Å²) in [5, 5.41) is 2.56. The number of hydrogen-bond acceptors (Lipinski definition) is 2. The van der Waals surface area contributed by atoms with Crippen molar-refractivity contribution in [1.29, 1.82) is 0 Å². The van der Waals surface area contributed by atoms with Gasteiger partial charge in [0.15, 0.2) is 0 Å².